The molecule has 0 bridgehead atoms. The van der Waals surface area contributed by atoms with Gasteiger partial charge in [-0.3, -0.25) is 0 Å². The first-order valence-electron chi connectivity index (χ1n) is 18.7. The Bertz CT molecular complexity index is 2440. The molecule has 0 amide bonds. The molecule has 0 N–H and O–H groups in total. The van der Waals surface area contributed by atoms with Crippen molar-refractivity contribution in [2.45, 2.75) is 58.3 Å². The van der Waals surface area contributed by atoms with Crippen LogP contribution in [0.1, 0.15) is 63.9 Å². The van der Waals surface area contributed by atoms with Crippen molar-refractivity contribution < 1.29 is 4.42 Å². The molecular formula is C47H43NO. The van der Waals surface area contributed by atoms with Gasteiger partial charge in [-0.25, -0.2) is 0 Å². The molecule has 242 valence electrons. The van der Waals surface area contributed by atoms with Crippen LogP contribution in [0.2, 0.25) is 0 Å². The van der Waals surface area contributed by atoms with Gasteiger partial charge in [-0.2, -0.15) is 0 Å². The van der Waals surface area contributed by atoms with Gasteiger partial charge in [0.25, 0.3) is 0 Å². The van der Waals surface area contributed by atoms with E-state index in [1.165, 1.54) is 86.1 Å². The molecule has 4 unspecified atom stereocenters. The van der Waals surface area contributed by atoms with E-state index in [0.29, 0.717) is 23.7 Å². The highest BCUT2D eigenvalue weighted by Crippen LogP contribution is 2.46. The average Bonchev–Trinajstić information content (AvgIpc) is 3.54. The molecule has 1 saturated carbocycles. The second-order valence-electron chi connectivity index (χ2n) is 14.9. The zero-order chi connectivity index (χ0) is 32.5. The maximum Gasteiger partial charge on any atom is 0.143 e. The van der Waals surface area contributed by atoms with Crippen molar-refractivity contribution in [3.63, 3.8) is 0 Å². The highest BCUT2D eigenvalue weighted by Gasteiger charge is 2.34. The van der Waals surface area contributed by atoms with Crippen molar-refractivity contribution >= 4 is 55.5 Å². The summed E-state index contributed by atoms with van der Waals surface area (Å²) < 4.78 is 6.99. The van der Waals surface area contributed by atoms with Crippen LogP contribution < -0.4 is 15.5 Å². The topological polar surface area (TPSA) is 16.4 Å². The van der Waals surface area contributed by atoms with Gasteiger partial charge in [-0.15, -0.1) is 0 Å². The van der Waals surface area contributed by atoms with Crippen LogP contribution in [0.5, 0.6) is 0 Å². The molecule has 1 fully saturated rings. The zero-order valence-electron chi connectivity index (χ0n) is 28.4. The normalized spacial score (nSPS) is 24.5. The summed E-state index contributed by atoms with van der Waals surface area (Å²) in [6, 6.07) is 27.2. The molecule has 5 aliphatic carbocycles. The minimum absolute atomic E-state index is 0.411. The summed E-state index contributed by atoms with van der Waals surface area (Å²) >= 11 is 0. The predicted octanol–water partition coefficient (Wildman–Crippen LogP) is 11.1. The van der Waals surface area contributed by atoms with Crippen LogP contribution in [-0.2, 0) is 0 Å². The molecule has 1 heterocycles. The zero-order valence-corrected chi connectivity index (χ0v) is 28.4. The summed E-state index contributed by atoms with van der Waals surface area (Å²) in [6.45, 7) is 2.47. The van der Waals surface area contributed by atoms with E-state index in [0.717, 1.165) is 36.7 Å². The van der Waals surface area contributed by atoms with E-state index in [9.17, 15) is 0 Å². The van der Waals surface area contributed by atoms with E-state index in [4.69, 9.17) is 4.42 Å². The first kappa shape index (κ1) is 29.1. The molecule has 49 heavy (non-hydrogen) atoms. The summed E-state index contributed by atoms with van der Waals surface area (Å²) in [5, 5.41) is 7.62. The third-order valence-corrected chi connectivity index (χ3v) is 12.2. The van der Waals surface area contributed by atoms with Crippen molar-refractivity contribution in [1.82, 2.24) is 0 Å². The van der Waals surface area contributed by atoms with Gasteiger partial charge in [0.15, 0.2) is 0 Å². The molecule has 5 aromatic rings. The molecule has 10 rings (SSSR count). The number of hydrogen-bond donors (Lipinski definition) is 0. The summed E-state index contributed by atoms with van der Waals surface area (Å²) in [6.07, 6.45) is 28.4. The van der Waals surface area contributed by atoms with Crippen molar-refractivity contribution in [2.24, 2.45) is 23.7 Å². The Morgan fingerprint density at radius 2 is 1.61 bits per heavy atom. The monoisotopic (exact) mass is 637 g/mol. The number of rotatable bonds is 4. The van der Waals surface area contributed by atoms with Crippen molar-refractivity contribution in [3.8, 4) is 0 Å². The molecule has 0 saturated heterocycles. The lowest BCUT2D eigenvalue weighted by molar-refractivity contribution is 0.378. The summed E-state index contributed by atoms with van der Waals surface area (Å²) in [7, 11) is 0. The molecular weight excluding hydrogens is 595 g/mol. The van der Waals surface area contributed by atoms with Gasteiger partial charge in [-0.1, -0.05) is 110 Å². The molecule has 1 aromatic heterocycles. The third-order valence-electron chi connectivity index (χ3n) is 12.2. The van der Waals surface area contributed by atoms with E-state index in [1.54, 1.807) is 5.57 Å². The Morgan fingerprint density at radius 3 is 2.55 bits per heavy atom. The van der Waals surface area contributed by atoms with Crippen LogP contribution in [0.15, 0.2) is 131 Å². The van der Waals surface area contributed by atoms with Crippen LogP contribution in [0, 0.1) is 23.7 Å². The average molecular weight is 638 g/mol. The van der Waals surface area contributed by atoms with Gasteiger partial charge in [-0.05, 0) is 114 Å². The van der Waals surface area contributed by atoms with Gasteiger partial charge in [0, 0.05) is 38.7 Å². The molecule has 2 heteroatoms. The second-order valence-corrected chi connectivity index (χ2v) is 14.9. The first-order chi connectivity index (χ1) is 24.2. The lowest BCUT2D eigenvalue weighted by Gasteiger charge is -2.40. The largest absolute Gasteiger partial charge is 0.456 e. The van der Waals surface area contributed by atoms with Crippen molar-refractivity contribution in [1.29, 1.82) is 0 Å². The molecule has 4 aromatic carbocycles. The fourth-order valence-corrected chi connectivity index (χ4v) is 9.98. The Balaban J connectivity index is 1.31. The van der Waals surface area contributed by atoms with Gasteiger partial charge in [0.2, 0.25) is 0 Å². The van der Waals surface area contributed by atoms with Crippen molar-refractivity contribution in [2.75, 3.05) is 4.90 Å². The van der Waals surface area contributed by atoms with Crippen LogP contribution in [-0.4, -0.2) is 0 Å². The quantitative estimate of drug-likeness (QED) is 0.195. The van der Waals surface area contributed by atoms with Crippen LogP contribution in [0.25, 0.3) is 49.9 Å². The number of benzene rings is 4. The predicted molar refractivity (Wildman–Crippen MR) is 206 cm³/mol. The van der Waals surface area contributed by atoms with Crippen LogP contribution in [0.4, 0.5) is 5.69 Å². The van der Waals surface area contributed by atoms with Gasteiger partial charge < -0.3 is 9.32 Å². The standard InChI is InChI=1S/C47H43NO/c1-30-13-8-18-33-19-11-26-42(45(30)33)48(41-25-10-17-32-15-3-5-21-35(32)41)43-27-12-28-44-46(43)40-29-39(37-22-6-7-23-38(37)47(40)49-44)36-24-9-16-31-14-2-4-20-34(31)36/h2-7,10-11,14-15,17,20-26,28-31,33-34H,8-9,12-13,16,18-19,27H2,1H3. The van der Waals surface area contributed by atoms with Gasteiger partial charge >= 0.3 is 0 Å². The highest BCUT2D eigenvalue weighted by molar-refractivity contribution is 6.11. The number of nitrogens with zero attached hydrogens (tertiary/aromatic N) is 1. The molecule has 0 spiro atoms. The maximum atomic E-state index is 6.99. The number of allylic oxidation sites excluding steroid dienone is 9. The van der Waals surface area contributed by atoms with E-state index >= 15 is 0 Å². The Labute approximate surface area is 288 Å². The Morgan fingerprint density at radius 1 is 0.776 bits per heavy atom. The van der Waals surface area contributed by atoms with Crippen LogP contribution >= 0.6 is 0 Å². The number of furan rings is 1. The van der Waals surface area contributed by atoms with E-state index in [-0.39, 0.29) is 0 Å². The smallest absolute Gasteiger partial charge is 0.143 e. The maximum absolute atomic E-state index is 6.99. The number of anilines is 1. The number of fused-ring (bicyclic) bond motifs is 8. The Kier molecular flexibility index (Phi) is 6.93. The fourth-order valence-electron chi connectivity index (χ4n) is 9.98. The van der Waals surface area contributed by atoms with Gasteiger partial charge in [0.05, 0.1) is 5.69 Å². The summed E-state index contributed by atoms with van der Waals surface area (Å²) in [5.74, 6) is 2.17. The molecule has 0 aliphatic heterocycles. The van der Waals surface area contributed by atoms with Gasteiger partial charge in [0.1, 0.15) is 11.0 Å². The van der Waals surface area contributed by atoms with E-state index in [1.807, 2.05) is 0 Å². The SMILES string of the molecule is CC1CCCC2CC=CC(N(C3=c4c(oc5c4cc(C4=CCCC6C=CC=CC46)c4ccccc45)=CCC3)c3cccc4ccccc34)=C12. The third kappa shape index (κ3) is 4.60. The molecule has 2 nitrogen and oxygen atoms in total. The van der Waals surface area contributed by atoms with Crippen molar-refractivity contribution in [3.05, 3.63) is 143 Å². The number of hydrogen-bond acceptors (Lipinski definition) is 2. The molecule has 5 aliphatic rings. The molecule has 4 atom stereocenters. The first-order valence-corrected chi connectivity index (χ1v) is 18.7. The highest BCUT2D eigenvalue weighted by atomic mass is 16.3. The van der Waals surface area contributed by atoms with E-state index in [2.05, 4.69) is 133 Å². The summed E-state index contributed by atoms with van der Waals surface area (Å²) in [5.41, 5.74) is 10.6. The minimum Gasteiger partial charge on any atom is -0.456 e. The van der Waals surface area contributed by atoms with E-state index < -0.39 is 0 Å². The van der Waals surface area contributed by atoms with Crippen LogP contribution in [0.3, 0.4) is 0 Å². The fraction of sp³-hybridized carbons (Fsp3) is 0.277. The lowest BCUT2D eigenvalue weighted by Crippen LogP contribution is -2.37. The minimum atomic E-state index is 0.411. The second kappa shape index (κ2) is 11.7. The summed E-state index contributed by atoms with van der Waals surface area (Å²) in [4.78, 5) is 2.68. The lowest BCUT2D eigenvalue weighted by atomic mass is 9.73. The molecule has 0 radical (unpaired) electrons. The Hall–Kier alpha value is -4.82.